The minimum absolute atomic E-state index is 0.0292. The lowest BCUT2D eigenvalue weighted by atomic mass is 10.3. The van der Waals surface area contributed by atoms with E-state index in [1.54, 1.807) is 18.0 Å². The number of carbonyl (C=O) groups excluding carboxylic acids is 1. The summed E-state index contributed by atoms with van der Waals surface area (Å²) in [7, 11) is 0. The van der Waals surface area contributed by atoms with Crippen molar-refractivity contribution in [1.82, 2.24) is 19.9 Å². The molecule has 1 N–H and O–H groups in total. The van der Waals surface area contributed by atoms with Gasteiger partial charge < -0.3 is 9.88 Å². The van der Waals surface area contributed by atoms with Crippen molar-refractivity contribution in [3.05, 3.63) is 35.3 Å². The lowest BCUT2D eigenvalue weighted by Crippen LogP contribution is -2.26. The van der Waals surface area contributed by atoms with Crippen molar-refractivity contribution in [1.29, 1.82) is 0 Å². The van der Waals surface area contributed by atoms with Gasteiger partial charge in [-0.15, -0.1) is 11.3 Å². The minimum Gasteiger partial charge on any atom is -0.356 e. The van der Waals surface area contributed by atoms with E-state index in [0.29, 0.717) is 13.0 Å². The van der Waals surface area contributed by atoms with Gasteiger partial charge in [0.1, 0.15) is 0 Å². The second-order valence-corrected chi connectivity index (χ2v) is 4.38. The van der Waals surface area contributed by atoms with Gasteiger partial charge in [0.15, 0.2) is 0 Å². The third-order valence-corrected chi connectivity index (χ3v) is 2.93. The van der Waals surface area contributed by atoms with Crippen LogP contribution in [-0.4, -0.2) is 27.0 Å². The van der Waals surface area contributed by atoms with Gasteiger partial charge in [0, 0.05) is 30.9 Å². The Bertz CT molecular complexity index is 438. The molecule has 0 spiro atoms. The van der Waals surface area contributed by atoms with Crippen LogP contribution in [-0.2, 0) is 17.8 Å². The molecule has 0 atom stereocenters. The molecular weight excluding hydrogens is 236 g/mol. The van der Waals surface area contributed by atoms with Gasteiger partial charge >= 0.3 is 0 Å². The normalized spacial score (nSPS) is 10.4. The summed E-state index contributed by atoms with van der Waals surface area (Å²) in [5.41, 5.74) is 2.57. The van der Waals surface area contributed by atoms with Gasteiger partial charge in [0.05, 0.1) is 24.0 Å². The van der Waals surface area contributed by atoms with E-state index in [2.05, 4.69) is 15.3 Å². The van der Waals surface area contributed by atoms with Crippen molar-refractivity contribution >= 4 is 17.2 Å². The molecule has 17 heavy (non-hydrogen) atoms. The first kappa shape index (κ1) is 11.8. The molecular formula is C11H14N4OS. The summed E-state index contributed by atoms with van der Waals surface area (Å²) in [6.07, 6.45) is 6.71. The Hall–Kier alpha value is -1.69. The van der Waals surface area contributed by atoms with Crippen molar-refractivity contribution < 1.29 is 4.79 Å². The van der Waals surface area contributed by atoms with E-state index in [1.807, 2.05) is 16.1 Å². The van der Waals surface area contributed by atoms with Crippen LogP contribution in [0.3, 0.4) is 0 Å². The topological polar surface area (TPSA) is 59.8 Å². The van der Waals surface area contributed by atoms with E-state index in [9.17, 15) is 4.79 Å². The molecule has 0 aliphatic heterocycles. The lowest BCUT2D eigenvalue weighted by molar-refractivity contribution is -0.120. The molecule has 0 bridgehead atoms. The number of carbonyl (C=O) groups is 1. The van der Waals surface area contributed by atoms with Gasteiger partial charge in [0.25, 0.3) is 0 Å². The lowest BCUT2D eigenvalue weighted by Gasteiger charge is -2.04. The SMILES string of the molecule is O=C(Cc1cscn1)NCCCn1ccnc1. The summed E-state index contributed by atoms with van der Waals surface area (Å²) in [6, 6.07) is 0. The van der Waals surface area contributed by atoms with Crippen LogP contribution >= 0.6 is 11.3 Å². The third-order valence-electron chi connectivity index (χ3n) is 2.30. The van der Waals surface area contributed by atoms with Gasteiger partial charge in [-0.2, -0.15) is 0 Å². The number of aromatic nitrogens is 3. The largest absolute Gasteiger partial charge is 0.356 e. The minimum atomic E-state index is 0.0292. The molecule has 0 saturated carbocycles. The van der Waals surface area contributed by atoms with Gasteiger partial charge in [-0.25, -0.2) is 9.97 Å². The second-order valence-electron chi connectivity index (χ2n) is 3.66. The van der Waals surface area contributed by atoms with Gasteiger partial charge in [-0.3, -0.25) is 4.79 Å². The van der Waals surface area contributed by atoms with E-state index >= 15 is 0 Å². The number of hydrogen-bond donors (Lipinski definition) is 1. The van der Waals surface area contributed by atoms with E-state index in [-0.39, 0.29) is 5.91 Å². The van der Waals surface area contributed by atoms with E-state index in [4.69, 9.17) is 0 Å². The number of amides is 1. The zero-order chi connectivity index (χ0) is 11.9. The van der Waals surface area contributed by atoms with Crippen molar-refractivity contribution in [3.8, 4) is 0 Å². The van der Waals surface area contributed by atoms with Crippen molar-refractivity contribution in [2.24, 2.45) is 0 Å². The average Bonchev–Trinajstić information content (AvgIpc) is 2.96. The molecule has 2 aromatic rings. The second kappa shape index (κ2) is 6.15. The highest BCUT2D eigenvalue weighted by atomic mass is 32.1. The van der Waals surface area contributed by atoms with Crippen LogP contribution in [0, 0.1) is 0 Å². The molecule has 2 aromatic heterocycles. The fraction of sp³-hybridized carbons (Fsp3) is 0.364. The average molecular weight is 250 g/mol. The summed E-state index contributed by atoms with van der Waals surface area (Å²) in [6.45, 7) is 1.55. The molecule has 0 saturated heterocycles. The quantitative estimate of drug-likeness (QED) is 0.781. The van der Waals surface area contributed by atoms with Gasteiger partial charge in [0.2, 0.25) is 5.91 Å². The van der Waals surface area contributed by atoms with Crippen molar-refractivity contribution in [2.75, 3.05) is 6.54 Å². The Kier molecular flexibility index (Phi) is 4.26. The van der Waals surface area contributed by atoms with Crippen LogP contribution in [0.5, 0.6) is 0 Å². The molecule has 6 heteroatoms. The summed E-state index contributed by atoms with van der Waals surface area (Å²) < 4.78 is 1.99. The van der Waals surface area contributed by atoms with Crippen LogP contribution in [0.1, 0.15) is 12.1 Å². The monoisotopic (exact) mass is 250 g/mol. The number of nitrogens with one attached hydrogen (secondary N) is 1. The molecule has 1 amide bonds. The van der Waals surface area contributed by atoms with Gasteiger partial charge in [-0.05, 0) is 6.42 Å². The zero-order valence-corrected chi connectivity index (χ0v) is 10.2. The predicted octanol–water partition coefficient (Wildman–Crippen LogP) is 1.09. The van der Waals surface area contributed by atoms with Crippen molar-refractivity contribution in [3.63, 3.8) is 0 Å². The van der Waals surface area contributed by atoms with Crippen molar-refractivity contribution in [2.45, 2.75) is 19.4 Å². The number of rotatable bonds is 6. The molecule has 0 radical (unpaired) electrons. The maximum Gasteiger partial charge on any atom is 0.226 e. The van der Waals surface area contributed by atoms with Crippen LogP contribution in [0.25, 0.3) is 0 Å². The number of nitrogens with zero attached hydrogens (tertiary/aromatic N) is 3. The van der Waals surface area contributed by atoms with Crippen LogP contribution in [0.4, 0.5) is 0 Å². The smallest absolute Gasteiger partial charge is 0.226 e. The number of imidazole rings is 1. The summed E-state index contributed by atoms with van der Waals surface area (Å²) >= 11 is 1.51. The fourth-order valence-electron chi connectivity index (χ4n) is 1.46. The highest BCUT2D eigenvalue weighted by molar-refractivity contribution is 7.07. The first-order valence-electron chi connectivity index (χ1n) is 5.44. The molecule has 0 fully saturated rings. The number of hydrogen-bond acceptors (Lipinski definition) is 4. The maximum atomic E-state index is 11.5. The van der Waals surface area contributed by atoms with E-state index in [0.717, 1.165) is 18.7 Å². The molecule has 2 rings (SSSR count). The fourth-order valence-corrected chi connectivity index (χ4v) is 2.02. The Labute approximate surface area is 104 Å². The number of aryl methyl sites for hydroxylation is 1. The molecule has 0 aliphatic rings. The zero-order valence-electron chi connectivity index (χ0n) is 9.37. The molecule has 90 valence electrons. The molecule has 5 nitrogen and oxygen atoms in total. The maximum absolute atomic E-state index is 11.5. The summed E-state index contributed by atoms with van der Waals surface area (Å²) in [5, 5.41) is 4.77. The molecule has 2 heterocycles. The molecule has 0 aliphatic carbocycles. The Morgan fingerprint density at radius 3 is 3.18 bits per heavy atom. The van der Waals surface area contributed by atoms with E-state index in [1.165, 1.54) is 11.3 Å². The number of thiazole rings is 1. The summed E-state index contributed by atoms with van der Waals surface area (Å²) in [5.74, 6) is 0.0292. The Balaban J connectivity index is 1.60. The highest BCUT2D eigenvalue weighted by Gasteiger charge is 2.03. The standard InChI is InChI=1S/C11H14N4OS/c16-11(6-10-7-17-9-14-10)13-2-1-4-15-5-3-12-8-15/h3,5,7-9H,1-2,4,6H2,(H,13,16). The molecule has 0 unspecified atom stereocenters. The van der Waals surface area contributed by atoms with Gasteiger partial charge in [-0.1, -0.05) is 0 Å². The third kappa shape index (κ3) is 3.99. The molecule has 0 aromatic carbocycles. The van der Waals surface area contributed by atoms with Crippen LogP contribution in [0.15, 0.2) is 29.6 Å². The first-order chi connectivity index (χ1) is 8.34. The first-order valence-corrected chi connectivity index (χ1v) is 6.38. The van der Waals surface area contributed by atoms with E-state index < -0.39 is 0 Å². The summed E-state index contributed by atoms with van der Waals surface area (Å²) in [4.78, 5) is 19.5. The highest BCUT2D eigenvalue weighted by Crippen LogP contribution is 2.01. The Morgan fingerprint density at radius 1 is 1.53 bits per heavy atom. The predicted molar refractivity (Wildman–Crippen MR) is 65.7 cm³/mol. The van der Waals surface area contributed by atoms with Crippen LogP contribution in [0.2, 0.25) is 0 Å². The Morgan fingerprint density at radius 2 is 2.47 bits per heavy atom. The van der Waals surface area contributed by atoms with Crippen LogP contribution < -0.4 is 5.32 Å².